The number of methoxy groups -OCH3 is 2. The molecule has 38 heavy (non-hydrogen) atoms. The molecule has 200 valence electrons. The lowest BCUT2D eigenvalue weighted by molar-refractivity contribution is -0.159. The number of aryl methyl sites for hydroxylation is 3. The van der Waals surface area contributed by atoms with E-state index in [2.05, 4.69) is 0 Å². The van der Waals surface area contributed by atoms with Gasteiger partial charge in [0.25, 0.3) is 0 Å². The third-order valence-electron chi connectivity index (χ3n) is 7.52. The number of hydrogen-bond acceptors (Lipinski definition) is 6. The van der Waals surface area contributed by atoms with E-state index in [1.807, 2.05) is 31.2 Å². The van der Waals surface area contributed by atoms with Gasteiger partial charge < -0.3 is 23.9 Å². The molecule has 3 aromatic rings. The van der Waals surface area contributed by atoms with Gasteiger partial charge in [-0.3, -0.25) is 9.59 Å². The predicted octanol–water partition coefficient (Wildman–Crippen LogP) is 4.87. The van der Waals surface area contributed by atoms with Gasteiger partial charge >= 0.3 is 5.97 Å². The Morgan fingerprint density at radius 2 is 1.68 bits per heavy atom. The Morgan fingerprint density at radius 3 is 2.21 bits per heavy atom. The van der Waals surface area contributed by atoms with Gasteiger partial charge in [-0.2, -0.15) is 0 Å². The van der Waals surface area contributed by atoms with Crippen LogP contribution < -0.4 is 4.74 Å². The molecular weight excluding hydrogens is 486 g/mol. The van der Waals surface area contributed by atoms with Crippen LogP contribution in [0.2, 0.25) is 0 Å². The minimum atomic E-state index is -1.77. The Hall–Kier alpha value is -3.91. The summed E-state index contributed by atoms with van der Waals surface area (Å²) in [6.07, 6.45) is 0. The number of carboxylic acid groups (broad SMARTS) is 1. The van der Waals surface area contributed by atoms with Crippen molar-refractivity contribution in [3.8, 4) is 5.75 Å². The Balaban J connectivity index is 2.05. The van der Waals surface area contributed by atoms with Crippen molar-refractivity contribution in [2.45, 2.75) is 45.2 Å². The van der Waals surface area contributed by atoms with Crippen molar-refractivity contribution < 1.29 is 33.4 Å². The molecule has 0 saturated carbocycles. The maximum Gasteiger partial charge on any atom is 0.330 e. The molecule has 1 fully saturated rings. The highest BCUT2D eigenvalue weighted by Gasteiger charge is 2.65. The molecule has 1 aromatic heterocycles. The minimum Gasteiger partial charge on any atom is -0.497 e. The highest BCUT2D eigenvalue weighted by molar-refractivity contribution is 6.03. The molecule has 4 rings (SSSR count). The van der Waals surface area contributed by atoms with Gasteiger partial charge in [0.05, 0.1) is 24.6 Å². The summed E-state index contributed by atoms with van der Waals surface area (Å²) in [6, 6.07) is 15.3. The van der Waals surface area contributed by atoms with Crippen molar-refractivity contribution in [1.29, 1.82) is 0 Å². The molecule has 0 spiro atoms. The molecule has 0 aliphatic carbocycles. The maximum atomic E-state index is 14.4. The number of ketones is 1. The summed E-state index contributed by atoms with van der Waals surface area (Å²) < 4.78 is 16.2. The summed E-state index contributed by atoms with van der Waals surface area (Å²) in [6.45, 7) is 6.57. The predicted molar refractivity (Wildman–Crippen MR) is 140 cm³/mol. The maximum absolute atomic E-state index is 14.4. The first-order valence-electron chi connectivity index (χ1n) is 12.4. The Kier molecular flexibility index (Phi) is 7.47. The number of furan rings is 1. The summed E-state index contributed by atoms with van der Waals surface area (Å²) in [7, 11) is 2.93. The van der Waals surface area contributed by atoms with E-state index in [0.29, 0.717) is 34.0 Å². The van der Waals surface area contributed by atoms with Gasteiger partial charge in [-0.25, -0.2) is 4.79 Å². The first-order valence-corrected chi connectivity index (χ1v) is 12.4. The SMILES string of the molecule is COCC(=O)N1C(c2cccc(C)c2)C(C(=O)c2cc(C)oc2C)C(c2ccc(OC)cc2)C1(C)C(=O)O. The summed E-state index contributed by atoms with van der Waals surface area (Å²) in [4.78, 5) is 42.6. The van der Waals surface area contributed by atoms with Crippen LogP contribution in [0.25, 0.3) is 0 Å². The lowest BCUT2D eigenvalue weighted by atomic mass is 9.71. The third-order valence-corrected chi connectivity index (χ3v) is 7.52. The lowest BCUT2D eigenvalue weighted by Gasteiger charge is -2.37. The van der Waals surface area contributed by atoms with Crippen molar-refractivity contribution in [2.75, 3.05) is 20.8 Å². The van der Waals surface area contributed by atoms with Crippen LogP contribution in [0, 0.1) is 26.7 Å². The number of carbonyl (C=O) groups excluding carboxylic acids is 2. The van der Waals surface area contributed by atoms with Crippen LogP contribution in [0.4, 0.5) is 0 Å². The van der Waals surface area contributed by atoms with E-state index in [4.69, 9.17) is 13.9 Å². The van der Waals surface area contributed by atoms with Crippen molar-refractivity contribution in [2.24, 2.45) is 5.92 Å². The average molecular weight is 520 g/mol. The topological polar surface area (TPSA) is 106 Å². The van der Waals surface area contributed by atoms with E-state index in [0.717, 1.165) is 5.56 Å². The summed E-state index contributed by atoms with van der Waals surface area (Å²) >= 11 is 0. The fourth-order valence-corrected chi connectivity index (χ4v) is 5.88. The van der Waals surface area contributed by atoms with Gasteiger partial charge in [-0.05, 0) is 57.0 Å². The Bertz CT molecular complexity index is 1360. The smallest absolute Gasteiger partial charge is 0.330 e. The van der Waals surface area contributed by atoms with E-state index in [9.17, 15) is 19.5 Å². The molecule has 1 amide bonds. The van der Waals surface area contributed by atoms with Gasteiger partial charge in [-0.15, -0.1) is 0 Å². The summed E-state index contributed by atoms with van der Waals surface area (Å²) in [5, 5.41) is 10.8. The second kappa shape index (κ2) is 10.5. The van der Waals surface area contributed by atoms with Crippen LogP contribution in [0.3, 0.4) is 0 Å². The normalized spacial score (nSPS) is 22.9. The quantitative estimate of drug-likeness (QED) is 0.423. The number of hydrogen-bond donors (Lipinski definition) is 1. The van der Waals surface area contributed by atoms with Crippen LogP contribution in [-0.2, 0) is 14.3 Å². The number of aliphatic carboxylic acids is 1. The standard InChI is InChI=1S/C30H33NO7/c1-17-8-7-9-21(14-17)27-25(28(33)23-15-18(2)38-19(23)3)26(20-10-12-22(37-6)13-11-20)30(4,29(34)35)31(27)24(32)16-36-5/h7-15,25-27H,16H2,1-6H3,(H,34,35). The molecule has 0 bridgehead atoms. The number of rotatable bonds is 8. The molecule has 0 radical (unpaired) electrons. The van der Waals surface area contributed by atoms with Crippen LogP contribution >= 0.6 is 0 Å². The highest BCUT2D eigenvalue weighted by atomic mass is 16.5. The van der Waals surface area contributed by atoms with Crippen LogP contribution in [-0.4, -0.2) is 54.0 Å². The van der Waals surface area contributed by atoms with Gasteiger partial charge in [0.2, 0.25) is 5.91 Å². The Labute approximate surface area is 222 Å². The second-order valence-electron chi connectivity index (χ2n) is 9.98. The molecule has 1 aliphatic heterocycles. The van der Waals surface area contributed by atoms with Crippen molar-refractivity contribution in [3.05, 3.63) is 88.4 Å². The molecular formula is C30H33NO7. The molecule has 8 heteroatoms. The average Bonchev–Trinajstić information content (AvgIpc) is 3.37. The van der Waals surface area contributed by atoms with Crippen LogP contribution in [0.1, 0.15) is 57.5 Å². The molecule has 2 aromatic carbocycles. The number of Topliss-reactive ketones (excluding diaryl/α,β-unsaturated/α-hetero) is 1. The van der Waals surface area contributed by atoms with Crippen molar-refractivity contribution in [3.63, 3.8) is 0 Å². The zero-order valence-electron chi connectivity index (χ0n) is 22.5. The van der Waals surface area contributed by atoms with Gasteiger partial charge in [-0.1, -0.05) is 42.0 Å². The van der Waals surface area contributed by atoms with E-state index >= 15 is 0 Å². The number of nitrogens with zero attached hydrogens (tertiary/aromatic N) is 1. The highest BCUT2D eigenvalue weighted by Crippen LogP contribution is 2.57. The third kappa shape index (κ3) is 4.49. The monoisotopic (exact) mass is 519 g/mol. The minimum absolute atomic E-state index is 0.285. The second-order valence-corrected chi connectivity index (χ2v) is 9.98. The molecule has 1 saturated heterocycles. The zero-order valence-corrected chi connectivity index (χ0v) is 22.5. The number of amides is 1. The van der Waals surface area contributed by atoms with Gasteiger partial charge in [0.1, 0.15) is 29.4 Å². The lowest BCUT2D eigenvalue weighted by Crippen LogP contribution is -2.55. The van der Waals surface area contributed by atoms with Crippen LogP contribution in [0.15, 0.2) is 59.0 Å². The van der Waals surface area contributed by atoms with Crippen molar-refractivity contribution >= 4 is 17.7 Å². The summed E-state index contributed by atoms with van der Waals surface area (Å²) in [5.74, 6) is -2.22. The van der Waals surface area contributed by atoms with E-state index < -0.39 is 35.3 Å². The van der Waals surface area contributed by atoms with Gasteiger partial charge in [0, 0.05) is 13.0 Å². The fourth-order valence-electron chi connectivity index (χ4n) is 5.88. The molecule has 4 unspecified atom stereocenters. The molecule has 1 N–H and O–H groups in total. The molecule has 2 heterocycles. The number of likely N-dealkylation sites (tertiary alicyclic amines) is 1. The summed E-state index contributed by atoms with van der Waals surface area (Å²) in [5.41, 5.74) is 0.808. The molecule has 8 nitrogen and oxygen atoms in total. The van der Waals surface area contributed by atoms with Crippen LogP contribution in [0.5, 0.6) is 5.75 Å². The first-order chi connectivity index (χ1) is 18.0. The van der Waals surface area contributed by atoms with E-state index in [-0.39, 0.29) is 12.4 Å². The zero-order chi connectivity index (χ0) is 27.8. The number of ether oxygens (including phenoxy) is 2. The fraction of sp³-hybridized carbons (Fsp3) is 0.367. The van der Waals surface area contributed by atoms with Gasteiger partial charge in [0.15, 0.2) is 5.78 Å². The largest absolute Gasteiger partial charge is 0.497 e. The number of benzene rings is 2. The number of carbonyl (C=O) groups is 3. The van der Waals surface area contributed by atoms with Crippen molar-refractivity contribution in [1.82, 2.24) is 4.90 Å². The van der Waals surface area contributed by atoms with E-state index in [1.165, 1.54) is 18.9 Å². The molecule has 1 aliphatic rings. The number of carboxylic acids is 1. The van der Waals surface area contributed by atoms with E-state index in [1.54, 1.807) is 51.3 Å². The molecule has 4 atom stereocenters. The first kappa shape index (κ1) is 27.1. The Morgan fingerprint density at radius 1 is 1.00 bits per heavy atom.